The molecule has 3 aromatic heterocycles. The van der Waals surface area contributed by atoms with Gasteiger partial charge in [-0.3, -0.25) is 14.9 Å². The number of hydrogen-bond donors (Lipinski definition) is 3. The van der Waals surface area contributed by atoms with Crippen LogP contribution in [0.4, 0.5) is 22.0 Å². The van der Waals surface area contributed by atoms with Gasteiger partial charge in [-0.25, -0.2) is 9.78 Å². The third-order valence-electron chi connectivity index (χ3n) is 5.69. The van der Waals surface area contributed by atoms with Crippen molar-refractivity contribution in [3.8, 4) is 11.1 Å². The van der Waals surface area contributed by atoms with Crippen LogP contribution in [0.3, 0.4) is 0 Å². The lowest BCUT2D eigenvalue weighted by Crippen LogP contribution is -2.37. The summed E-state index contributed by atoms with van der Waals surface area (Å²) >= 11 is 0. The van der Waals surface area contributed by atoms with E-state index in [1.807, 2.05) is 36.4 Å². The van der Waals surface area contributed by atoms with E-state index in [-0.39, 0.29) is 17.6 Å². The summed E-state index contributed by atoms with van der Waals surface area (Å²) in [5.41, 5.74) is 3.86. The maximum absolute atomic E-state index is 13.0. The summed E-state index contributed by atoms with van der Waals surface area (Å²) in [6.45, 7) is 2.03. The van der Waals surface area contributed by atoms with E-state index in [1.54, 1.807) is 32.7 Å². The van der Waals surface area contributed by atoms with Gasteiger partial charge in [-0.2, -0.15) is 5.10 Å². The van der Waals surface area contributed by atoms with E-state index in [0.29, 0.717) is 16.8 Å². The quantitative estimate of drug-likeness (QED) is 0.422. The van der Waals surface area contributed by atoms with E-state index in [1.165, 1.54) is 11.3 Å². The summed E-state index contributed by atoms with van der Waals surface area (Å²) in [6.07, 6.45) is 6.13. The first-order valence-electron chi connectivity index (χ1n) is 10.9. The van der Waals surface area contributed by atoms with E-state index >= 15 is 0 Å². The minimum absolute atomic E-state index is 0.240. The highest BCUT2D eigenvalue weighted by atomic mass is 16.2. The SMILES string of the molecule is CN(C)C(=O)Nc1cncc(-c2ccc3[nH]nc(C(=O)Nc4ccc(N5CCC5)nc4)c3c2)c1. The molecule has 0 unspecified atom stereocenters. The fraction of sp³-hybridized carbons (Fsp3) is 0.208. The smallest absolute Gasteiger partial charge is 0.321 e. The Hall–Kier alpha value is -4.47. The third kappa shape index (κ3) is 4.25. The molecule has 1 aliphatic heterocycles. The predicted octanol–water partition coefficient (Wildman–Crippen LogP) is 3.58. The number of H-pyrrole nitrogens is 1. The van der Waals surface area contributed by atoms with Gasteiger partial charge in [0.2, 0.25) is 0 Å². The number of benzene rings is 1. The Morgan fingerprint density at radius 3 is 2.53 bits per heavy atom. The van der Waals surface area contributed by atoms with Crippen molar-refractivity contribution in [3.63, 3.8) is 0 Å². The minimum Gasteiger partial charge on any atom is -0.356 e. The molecule has 1 aliphatic rings. The number of nitrogens with zero attached hydrogens (tertiary/aromatic N) is 5. The van der Waals surface area contributed by atoms with Gasteiger partial charge in [-0.1, -0.05) is 6.07 Å². The zero-order valence-corrected chi connectivity index (χ0v) is 18.9. The highest BCUT2D eigenvalue weighted by molar-refractivity contribution is 6.11. The molecule has 0 radical (unpaired) electrons. The fourth-order valence-electron chi connectivity index (χ4n) is 3.65. The number of hydrogen-bond acceptors (Lipinski definition) is 6. The van der Waals surface area contributed by atoms with Crippen molar-refractivity contribution in [2.45, 2.75) is 6.42 Å². The predicted molar refractivity (Wildman–Crippen MR) is 131 cm³/mol. The van der Waals surface area contributed by atoms with E-state index < -0.39 is 0 Å². The number of fused-ring (bicyclic) bond motifs is 1. The standard InChI is InChI=1S/C24H24N8O2/c1-31(2)24(34)28-18-10-16(12-25-13-18)15-4-6-20-19(11-15)22(30-29-20)23(33)27-17-5-7-21(26-14-17)32-8-3-9-32/h4-7,10-14H,3,8-9H2,1-2H3,(H,27,33)(H,28,34)(H,29,30). The van der Waals surface area contributed by atoms with Crippen molar-refractivity contribution in [1.82, 2.24) is 25.1 Å². The monoisotopic (exact) mass is 456 g/mol. The molecule has 1 saturated heterocycles. The summed E-state index contributed by atoms with van der Waals surface area (Å²) in [5.74, 6) is 0.587. The van der Waals surface area contributed by atoms with Crippen molar-refractivity contribution in [1.29, 1.82) is 0 Å². The Kier molecular flexibility index (Phi) is 5.54. The first-order chi connectivity index (χ1) is 16.5. The van der Waals surface area contributed by atoms with Crippen LogP contribution in [-0.2, 0) is 0 Å². The highest BCUT2D eigenvalue weighted by Crippen LogP contribution is 2.27. The summed E-state index contributed by atoms with van der Waals surface area (Å²) < 4.78 is 0. The van der Waals surface area contributed by atoms with Crippen LogP contribution in [0.25, 0.3) is 22.0 Å². The van der Waals surface area contributed by atoms with Crippen molar-refractivity contribution < 1.29 is 9.59 Å². The molecule has 3 N–H and O–H groups in total. The average molecular weight is 457 g/mol. The molecule has 1 fully saturated rings. The van der Waals surface area contributed by atoms with Gasteiger partial charge in [0.1, 0.15) is 5.82 Å². The number of nitrogens with one attached hydrogen (secondary N) is 3. The van der Waals surface area contributed by atoms with E-state index in [0.717, 1.165) is 35.6 Å². The van der Waals surface area contributed by atoms with Crippen LogP contribution < -0.4 is 15.5 Å². The van der Waals surface area contributed by atoms with Gasteiger partial charge in [-0.05, 0) is 42.3 Å². The van der Waals surface area contributed by atoms with Crippen LogP contribution >= 0.6 is 0 Å². The van der Waals surface area contributed by atoms with Crippen LogP contribution in [0.15, 0.2) is 55.0 Å². The van der Waals surface area contributed by atoms with Gasteiger partial charge in [0.05, 0.1) is 29.3 Å². The topological polar surface area (TPSA) is 119 Å². The van der Waals surface area contributed by atoms with Crippen LogP contribution in [0.1, 0.15) is 16.9 Å². The molecular weight excluding hydrogens is 432 g/mol. The van der Waals surface area contributed by atoms with Gasteiger partial charge >= 0.3 is 6.03 Å². The van der Waals surface area contributed by atoms with Crippen LogP contribution in [-0.4, -0.2) is 64.2 Å². The van der Waals surface area contributed by atoms with E-state index in [4.69, 9.17) is 0 Å². The molecule has 5 rings (SSSR count). The Balaban J connectivity index is 1.38. The number of aromatic nitrogens is 4. The van der Waals surface area contributed by atoms with Crippen molar-refractivity contribution in [3.05, 3.63) is 60.7 Å². The van der Waals surface area contributed by atoms with Gasteiger partial charge in [0, 0.05) is 44.3 Å². The number of amides is 3. The molecule has 34 heavy (non-hydrogen) atoms. The molecular formula is C24H24N8O2. The number of carbonyl (C=O) groups excluding carboxylic acids is 2. The summed E-state index contributed by atoms with van der Waals surface area (Å²) in [6, 6.07) is 11.0. The second kappa shape index (κ2) is 8.81. The highest BCUT2D eigenvalue weighted by Gasteiger charge is 2.18. The molecule has 10 nitrogen and oxygen atoms in total. The molecule has 0 saturated carbocycles. The maximum Gasteiger partial charge on any atom is 0.321 e. The Morgan fingerprint density at radius 2 is 1.82 bits per heavy atom. The maximum atomic E-state index is 13.0. The first-order valence-corrected chi connectivity index (χ1v) is 10.9. The lowest BCUT2D eigenvalue weighted by molar-refractivity contribution is 0.102. The number of anilines is 3. The zero-order chi connectivity index (χ0) is 23.7. The van der Waals surface area contributed by atoms with Gasteiger partial charge in [0.25, 0.3) is 5.91 Å². The lowest BCUT2D eigenvalue weighted by atomic mass is 10.0. The molecule has 0 aliphatic carbocycles. The normalized spacial score (nSPS) is 12.8. The molecule has 1 aromatic carbocycles. The van der Waals surface area contributed by atoms with Crippen LogP contribution in [0, 0.1) is 0 Å². The third-order valence-corrected chi connectivity index (χ3v) is 5.69. The van der Waals surface area contributed by atoms with Crippen molar-refractivity contribution >= 4 is 40.0 Å². The van der Waals surface area contributed by atoms with Crippen molar-refractivity contribution in [2.75, 3.05) is 42.7 Å². The van der Waals surface area contributed by atoms with E-state index in [9.17, 15) is 9.59 Å². The number of urea groups is 1. The second-order valence-corrected chi connectivity index (χ2v) is 8.32. The summed E-state index contributed by atoms with van der Waals surface area (Å²) in [7, 11) is 3.34. The lowest BCUT2D eigenvalue weighted by Gasteiger charge is -2.31. The molecule has 172 valence electrons. The first kappa shape index (κ1) is 21.4. The average Bonchev–Trinajstić information content (AvgIpc) is 3.23. The Morgan fingerprint density at radius 1 is 0.971 bits per heavy atom. The second-order valence-electron chi connectivity index (χ2n) is 8.32. The number of pyridine rings is 2. The molecule has 3 amide bonds. The molecule has 10 heteroatoms. The van der Waals surface area contributed by atoms with Crippen molar-refractivity contribution in [2.24, 2.45) is 0 Å². The zero-order valence-electron chi connectivity index (χ0n) is 18.9. The number of aromatic amines is 1. The van der Waals surface area contributed by atoms with Gasteiger partial charge in [-0.15, -0.1) is 0 Å². The van der Waals surface area contributed by atoms with Crippen LogP contribution in [0.5, 0.6) is 0 Å². The minimum atomic E-state index is -0.327. The Labute approximate surface area is 196 Å². The van der Waals surface area contributed by atoms with Gasteiger partial charge < -0.3 is 20.4 Å². The summed E-state index contributed by atoms with van der Waals surface area (Å²) in [5, 5.41) is 13.5. The fourth-order valence-corrected chi connectivity index (χ4v) is 3.65. The molecule has 4 aromatic rings. The van der Waals surface area contributed by atoms with Crippen LogP contribution in [0.2, 0.25) is 0 Å². The largest absolute Gasteiger partial charge is 0.356 e. The van der Waals surface area contributed by atoms with E-state index in [2.05, 4.69) is 35.7 Å². The molecule has 0 spiro atoms. The molecule has 0 bridgehead atoms. The number of carbonyl (C=O) groups is 2. The Bertz CT molecular complexity index is 1360. The number of rotatable bonds is 5. The molecule has 4 heterocycles. The van der Waals surface area contributed by atoms with Gasteiger partial charge in [0.15, 0.2) is 5.69 Å². The summed E-state index contributed by atoms with van der Waals surface area (Å²) in [4.78, 5) is 37.2. The molecule has 0 atom stereocenters.